The van der Waals surface area contributed by atoms with Gasteiger partial charge in [0, 0.05) is 50.5 Å². The van der Waals surface area contributed by atoms with Crippen LogP contribution in [0.25, 0.3) is 11.1 Å². The molecule has 3 saturated heterocycles. The Morgan fingerprint density at radius 3 is 2.06 bits per heavy atom. The van der Waals surface area contributed by atoms with Crippen molar-refractivity contribution in [2.75, 3.05) is 32.8 Å². The van der Waals surface area contributed by atoms with Crippen LogP contribution < -0.4 is 5.32 Å². The first-order chi connectivity index (χ1) is 25.6. The monoisotopic (exact) mass is 738 g/mol. The molecule has 13 heteroatoms. The van der Waals surface area contributed by atoms with Crippen LogP contribution in [0.3, 0.4) is 0 Å². The number of halogens is 5. The molecule has 1 amide bonds. The number of nitrogens with one attached hydrogen (secondary N) is 1. The maximum atomic E-state index is 14.1. The summed E-state index contributed by atoms with van der Waals surface area (Å²) in [5.41, 5.74) is 3.17. The van der Waals surface area contributed by atoms with Crippen LogP contribution in [0.15, 0.2) is 72.8 Å². The van der Waals surface area contributed by atoms with Crippen molar-refractivity contribution in [3.05, 3.63) is 130 Å². The third kappa shape index (κ3) is 7.73. The molecular formula is C40H39F5N2O6. The number of aliphatic hydroxyl groups excluding tert-OH is 1. The molecule has 4 aromatic carbocycles. The molecule has 53 heavy (non-hydrogen) atoms. The highest BCUT2D eigenvalue weighted by atomic mass is 19.2. The molecule has 0 bridgehead atoms. The number of carbonyl (C=O) groups is 1. The average molecular weight is 739 g/mol. The SMILES string of the molecule is CC1C(CN2CCC3(CC2)OCCO3)OC(c2ccc(-c3cccc(CNC(=O)c4c(F)c(F)c(F)c(F)c4F)c3)cc2)OC1c1ccc(CO)cc1. The lowest BCUT2D eigenvalue weighted by atomic mass is 9.89. The molecule has 7 rings (SSSR count). The predicted molar refractivity (Wildman–Crippen MR) is 183 cm³/mol. The first kappa shape index (κ1) is 37.1. The van der Waals surface area contributed by atoms with Crippen LogP contribution in [0.1, 0.15) is 64.8 Å². The summed E-state index contributed by atoms with van der Waals surface area (Å²) in [5.74, 6) is -13.0. The Hall–Kier alpha value is -4.24. The number of hydrogen-bond acceptors (Lipinski definition) is 7. The molecular weight excluding hydrogens is 699 g/mol. The fourth-order valence-electron chi connectivity index (χ4n) is 7.21. The second-order valence-corrected chi connectivity index (χ2v) is 13.7. The highest BCUT2D eigenvalue weighted by molar-refractivity contribution is 5.94. The summed E-state index contributed by atoms with van der Waals surface area (Å²) in [5, 5.41) is 11.8. The molecule has 4 atom stereocenters. The van der Waals surface area contributed by atoms with E-state index in [-0.39, 0.29) is 31.3 Å². The summed E-state index contributed by atoms with van der Waals surface area (Å²) in [6, 6.07) is 22.3. The zero-order valence-corrected chi connectivity index (χ0v) is 28.9. The van der Waals surface area contributed by atoms with E-state index in [1.54, 1.807) is 18.2 Å². The molecule has 3 fully saturated rings. The van der Waals surface area contributed by atoms with Gasteiger partial charge in [-0.2, -0.15) is 0 Å². The van der Waals surface area contributed by atoms with Crippen LogP contribution in [-0.4, -0.2) is 60.7 Å². The van der Waals surface area contributed by atoms with Crippen LogP contribution in [0, 0.1) is 35.0 Å². The fraction of sp³-hybridized carbons (Fsp3) is 0.375. The summed E-state index contributed by atoms with van der Waals surface area (Å²) < 4.78 is 94.2. The molecule has 2 N–H and O–H groups in total. The van der Waals surface area contributed by atoms with Crippen molar-refractivity contribution in [3.63, 3.8) is 0 Å². The second-order valence-electron chi connectivity index (χ2n) is 13.7. The molecule has 1 spiro atoms. The van der Waals surface area contributed by atoms with Crippen molar-refractivity contribution in [2.24, 2.45) is 5.92 Å². The summed E-state index contributed by atoms with van der Waals surface area (Å²) in [4.78, 5) is 14.9. The standard InChI is InChI=1S/C40H39F5N2O6/c1-23-30(21-47-15-13-40(14-16-47)50-17-18-51-40)52-39(53-37(23)27-7-5-24(22-48)6-8-27)28-11-9-26(10-12-28)29-4-2-3-25(19-29)20-46-38(49)31-32(41)34(43)36(45)35(44)33(31)42/h2-12,19,23,30,37,39,48H,13-18,20-22H2,1H3,(H,46,49). The molecule has 3 aliphatic rings. The molecule has 4 aromatic rings. The van der Waals surface area contributed by atoms with Gasteiger partial charge in [-0.05, 0) is 33.9 Å². The van der Waals surface area contributed by atoms with Crippen molar-refractivity contribution < 1.29 is 50.8 Å². The van der Waals surface area contributed by atoms with E-state index in [1.165, 1.54) is 0 Å². The Kier molecular flexibility index (Phi) is 10.9. The lowest BCUT2D eigenvalue weighted by Gasteiger charge is -2.44. The van der Waals surface area contributed by atoms with Gasteiger partial charge >= 0.3 is 0 Å². The number of nitrogens with zero attached hydrogens (tertiary/aromatic N) is 1. The number of aliphatic hydroxyl groups is 1. The molecule has 4 unspecified atom stereocenters. The third-order valence-corrected chi connectivity index (χ3v) is 10.3. The molecule has 0 saturated carbocycles. The third-order valence-electron chi connectivity index (χ3n) is 10.3. The van der Waals surface area contributed by atoms with Crippen LogP contribution in [-0.2, 0) is 32.1 Å². The van der Waals surface area contributed by atoms with Crippen LogP contribution in [0.2, 0.25) is 0 Å². The normalized spacial score (nSPS) is 23.0. The number of ether oxygens (including phenoxy) is 4. The van der Waals surface area contributed by atoms with E-state index in [0.29, 0.717) is 25.3 Å². The van der Waals surface area contributed by atoms with E-state index in [4.69, 9.17) is 18.9 Å². The van der Waals surface area contributed by atoms with Gasteiger partial charge in [0.25, 0.3) is 5.91 Å². The van der Waals surface area contributed by atoms with Crippen molar-refractivity contribution in [1.82, 2.24) is 10.2 Å². The Bertz CT molecular complexity index is 1900. The van der Waals surface area contributed by atoms with Gasteiger partial charge in [0.15, 0.2) is 35.3 Å². The number of piperidine rings is 1. The number of benzene rings is 4. The second kappa shape index (κ2) is 15.6. The predicted octanol–water partition coefficient (Wildman–Crippen LogP) is 7.10. The first-order valence-electron chi connectivity index (χ1n) is 17.6. The Balaban J connectivity index is 1.06. The average Bonchev–Trinajstić information content (AvgIpc) is 3.65. The number of amides is 1. The van der Waals surface area contributed by atoms with Crippen molar-refractivity contribution in [2.45, 2.75) is 57.2 Å². The van der Waals surface area contributed by atoms with Gasteiger partial charge in [-0.3, -0.25) is 4.79 Å². The largest absolute Gasteiger partial charge is 0.392 e. The quantitative estimate of drug-likeness (QED) is 0.108. The fourth-order valence-corrected chi connectivity index (χ4v) is 7.21. The van der Waals surface area contributed by atoms with Gasteiger partial charge in [0.05, 0.1) is 32.0 Å². The van der Waals surface area contributed by atoms with Gasteiger partial charge in [-0.15, -0.1) is 0 Å². The summed E-state index contributed by atoms with van der Waals surface area (Å²) in [7, 11) is 0. The van der Waals surface area contributed by atoms with Gasteiger partial charge < -0.3 is 34.3 Å². The van der Waals surface area contributed by atoms with Crippen molar-refractivity contribution in [1.29, 1.82) is 0 Å². The lowest BCUT2D eigenvalue weighted by Crippen LogP contribution is -2.50. The zero-order valence-electron chi connectivity index (χ0n) is 28.9. The van der Waals surface area contributed by atoms with Gasteiger partial charge in [-0.1, -0.05) is 73.7 Å². The molecule has 8 nitrogen and oxygen atoms in total. The molecule has 0 radical (unpaired) electrons. The lowest BCUT2D eigenvalue weighted by molar-refractivity contribution is -0.278. The van der Waals surface area contributed by atoms with E-state index in [1.807, 2.05) is 54.6 Å². The molecule has 0 aromatic heterocycles. The minimum atomic E-state index is -2.33. The smallest absolute Gasteiger partial charge is 0.257 e. The van der Waals surface area contributed by atoms with E-state index in [0.717, 1.165) is 53.7 Å². The van der Waals surface area contributed by atoms with Crippen LogP contribution >= 0.6 is 0 Å². The maximum Gasteiger partial charge on any atom is 0.257 e. The Labute approximate surface area is 303 Å². The number of likely N-dealkylation sites (tertiary alicyclic amines) is 1. The van der Waals surface area contributed by atoms with E-state index in [9.17, 15) is 31.9 Å². The Morgan fingerprint density at radius 2 is 1.42 bits per heavy atom. The van der Waals surface area contributed by atoms with Gasteiger partial charge in [0.1, 0.15) is 5.56 Å². The summed E-state index contributed by atoms with van der Waals surface area (Å²) in [6.07, 6.45) is 0.475. The molecule has 3 heterocycles. The Morgan fingerprint density at radius 1 is 0.792 bits per heavy atom. The summed E-state index contributed by atoms with van der Waals surface area (Å²) in [6.45, 7) is 5.43. The minimum absolute atomic E-state index is 0.0117. The van der Waals surface area contributed by atoms with Crippen molar-refractivity contribution in [3.8, 4) is 11.1 Å². The van der Waals surface area contributed by atoms with E-state index >= 15 is 0 Å². The highest BCUT2D eigenvalue weighted by Gasteiger charge is 2.43. The van der Waals surface area contributed by atoms with Crippen LogP contribution in [0.5, 0.6) is 0 Å². The van der Waals surface area contributed by atoms with E-state index in [2.05, 4.69) is 17.1 Å². The topological polar surface area (TPSA) is 89.5 Å². The van der Waals surface area contributed by atoms with Crippen LogP contribution in [0.4, 0.5) is 22.0 Å². The number of hydrogen-bond donors (Lipinski definition) is 2. The first-order valence-corrected chi connectivity index (χ1v) is 17.6. The van der Waals surface area contributed by atoms with Gasteiger partial charge in [0.2, 0.25) is 5.82 Å². The van der Waals surface area contributed by atoms with Gasteiger partial charge in [-0.25, -0.2) is 22.0 Å². The molecule has 0 aliphatic carbocycles. The summed E-state index contributed by atoms with van der Waals surface area (Å²) >= 11 is 0. The molecule has 280 valence electrons. The van der Waals surface area contributed by atoms with E-state index < -0.39 is 52.6 Å². The molecule has 3 aliphatic heterocycles. The van der Waals surface area contributed by atoms with Crippen molar-refractivity contribution >= 4 is 5.91 Å². The minimum Gasteiger partial charge on any atom is -0.392 e. The highest BCUT2D eigenvalue weighted by Crippen LogP contribution is 2.43. The number of carbonyl (C=O) groups excluding carboxylic acids is 1. The zero-order chi connectivity index (χ0) is 37.3. The maximum absolute atomic E-state index is 14.1. The number of rotatable bonds is 9.